The first kappa shape index (κ1) is 66.0. The maximum Gasteiger partial charge on any atom is 0.319 e. The number of carbonyl (C=O) groups is 2. The molecule has 3 fully saturated rings. The Morgan fingerprint density at radius 1 is 0.556 bits per heavy atom. The van der Waals surface area contributed by atoms with Crippen molar-refractivity contribution in [2.24, 2.45) is 0 Å². The van der Waals surface area contributed by atoms with Crippen LogP contribution < -0.4 is 5.32 Å². The summed E-state index contributed by atoms with van der Waals surface area (Å²) in [6.45, 7) is 12.1. The molecule has 0 radical (unpaired) electrons. The molecule has 14 nitrogen and oxygen atoms in total. The van der Waals surface area contributed by atoms with E-state index in [2.05, 4.69) is 30.9 Å². The third-order valence-electron chi connectivity index (χ3n) is 14.2. The van der Waals surface area contributed by atoms with Gasteiger partial charge in [-0.3, -0.25) is 14.5 Å². The topological polar surface area (TPSA) is 194 Å². The lowest BCUT2D eigenvalue weighted by atomic mass is 9.94. The Hall–Kier alpha value is -5.78. The molecular formula is C60H71BrF3N3O11S3. The Kier molecular flexibility index (Phi) is 24.4. The number of nitrogens with zero attached hydrogens (tertiary/aromatic N) is 2. The molecule has 3 saturated heterocycles. The number of methoxy groups -OCH3 is 2. The SMILES string of the molecule is C.COC(=O)CBr.COC(=O)CN1CCC(c2ccc(S(=O)(=O)c3cccc(F)c3)cc2C)C1.Cc1cc(S(=O)(=O)c2cccc(F)c2)ccc1C1CCN(CCO)C1.Cc1cc(S(=O)(=O)c2cccc(F)c2)ccc1C1CCNC1. The standard InChI is InChI=1S/C20H22FNO4S.C19H22FNO3S.C17H18FNO2S.C3H5BrO2.CH4/c1-14-10-18(27(24,25)17-5-3-4-16(21)11-17)6-7-19(14)15-8-9-22(12-15)13-20(23)26-2;1-14-11-18(25(23,24)17-4-2-3-16(20)12-17)5-6-19(14)15-7-8-21(13-15)9-10-22;1-12-9-16(5-6-17(12)13-7-8-19-11-13)22(20,21)15-4-2-3-14(18)10-15;1-6-3(5)2-4;/h3-7,10-11,15H,8-9,12-13H2,1-2H3;2-6,11-12,15,22H,7-10,13H2,1H3;2-6,9-10,13,19H,7-8,11H2,1H3;2H2,1H3;1H4. The lowest BCUT2D eigenvalue weighted by molar-refractivity contribution is -0.141. The maximum absolute atomic E-state index is 13.4. The van der Waals surface area contributed by atoms with Crippen molar-refractivity contribution in [3.05, 3.63) is 178 Å². The van der Waals surface area contributed by atoms with Crippen LogP contribution in [0, 0.1) is 38.2 Å². The molecular weight excluding hydrogens is 1170 g/mol. The number of aliphatic hydroxyl groups is 1. The molecule has 6 aromatic rings. The van der Waals surface area contributed by atoms with Crippen LogP contribution in [0.15, 0.2) is 157 Å². The van der Waals surface area contributed by atoms with Crippen LogP contribution in [0.4, 0.5) is 13.2 Å². The molecule has 3 heterocycles. The summed E-state index contributed by atoms with van der Waals surface area (Å²) in [5.74, 6) is -1.18. The highest BCUT2D eigenvalue weighted by molar-refractivity contribution is 9.09. The van der Waals surface area contributed by atoms with E-state index in [0.717, 1.165) is 105 Å². The third-order valence-corrected chi connectivity index (χ3v) is 19.9. The molecule has 81 heavy (non-hydrogen) atoms. The van der Waals surface area contributed by atoms with Crippen LogP contribution in [0.3, 0.4) is 0 Å². The number of hydrogen-bond donors (Lipinski definition) is 2. The fourth-order valence-corrected chi connectivity index (χ4v) is 14.4. The second-order valence-corrected chi connectivity index (χ2v) is 26.1. The fraction of sp³-hybridized carbons (Fsp3) is 0.367. The molecule has 0 aromatic heterocycles. The highest BCUT2D eigenvalue weighted by Gasteiger charge is 2.29. The van der Waals surface area contributed by atoms with Crippen LogP contribution in [-0.2, 0) is 48.6 Å². The molecule has 3 aliphatic heterocycles. The Morgan fingerprint density at radius 3 is 1.25 bits per heavy atom. The van der Waals surface area contributed by atoms with Gasteiger partial charge in [0.15, 0.2) is 0 Å². The van der Waals surface area contributed by atoms with Crippen molar-refractivity contribution < 1.29 is 62.6 Å². The zero-order valence-electron chi connectivity index (χ0n) is 45.2. The van der Waals surface area contributed by atoms with E-state index < -0.39 is 47.0 Å². The van der Waals surface area contributed by atoms with E-state index in [1.807, 2.05) is 43.9 Å². The molecule has 0 spiro atoms. The summed E-state index contributed by atoms with van der Waals surface area (Å²) in [4.78, 5) is 26.0. The number of sulfone groups is 3. The van der Waals surface area contributed by atoms with E-state index in [-0.39, 0.29) is 73.1 Å². The maximum atomic E-state index is 13.4. The first-order valence-electron chi connectivity index (χ1n) is 25.8. The summed E-state index contributed by atoms with van der Waals surface area (Å²) in [6, 6.07) is 30.6. The molecule has 3 unspecified atom stereocenters. The van der Waals surface area contributed by atoms with Gasteiger partial charge < -0.3 is 24.8 Å². The van der Waals surface area contributed by atoms with Gasteiger partial charge in [-0.2, -0.15) is 0 Å². The monoisotopic (exact) mass is 1240 g/mol. The summed E-state index contributed by atoms with van der Waals surface area (Å²) in [7, 11) is -8.45. The highest BCUT2D eigenvalue weighted by Crippen LogP contribution is 2.35. The highest BCUT2D eigenvalue weighted by atomic mass is 79.9. The van der Waals surface area contributed by atoms with E-state index in [0.29, 0.717) is 18.4 Å². The van der Waals surface area contributed by atoms with Gasteiger partial charge in [0.2, 0.25) is 29.5 Å². The molecule has 438 valence electrons. The average Bonchev–Trinajstić information content (AvgIpc) is 4.33. The minimum absolute atomic E-state index is 0. The van der Waals surface area contributed by atoms with Crippen LogP contribution in [0.25, 0.3) is 0 Å². The molecule has 0 aliphatic carbocycles. The Labute approximate surface area is 483 Å². The van der Waals surface area contributed by atoms with Gasteiger partial charge in [-0.05, 0) is 202 Å². The number of carbonyl (C=O) groups excluding carboxylic acids is 2. The Bertz CT molecular complexity index is 3470. The summed E-state index contributed by atoms with van der Waals surface area (Å²) in [5, 5.41) is 12.7. The van der Waals surface area contributed by atoms with Gasteiger partial charge in [-0.15, -0.1) is 0 Å². The van der Waals surface area contributed by atoms with Crippen LogP contribution in [0.1, 0.15) is 77.8 Å². The molecule has 0 bridgehead atoms. The van der Waals surface area contributed by atoms with Gasteiger partial charge in [0, 0.05) is 26.2 Å². The number of esters is 2. The number of β-amino-alcohol motifs (C(OH)–C–C–N with tert-alkyl or cyclic N) is 1. The number of rotatable bonds is 14. The third kappa shape index (κ3) is 17.4. The zero-order chi connectivity index (χ0) is 58.4. The summed E-state index contributed by atoms with van der Waals surface area (Å²) in [6.07, 6.45) is 2.96. The number of halogens is 4. The second kappa shape index (κ2) is 30.0. The molecule has 6 aromatic carbocycles. The van der Waals surface area contributed by atoms with Crippen LogP contribution in [0.5, 0.6) is 0 Å². The summed E-state index contributed by atoms with van der Waals surface area (Å²) < 4.78 is 125. The van der Waals surface area contributed by atoms with Crippen molar-refractivity contribution in [2.45, 2.75) is 94.6 Å². The van der Waals surface area contributed by atoms with E-state index in [1.54, 1.807) is 36.4 Å². The van der Waals surface area contributed by atoms with E-state index >= 15 is 0 Å². The first-order chi connectivity index (χ1) is 38.0. The lowest BCUT2D eigenvalue weighted by Crippen LogP contribution is -2.28. The number of hydrogen-bond acceptors (Lipinski definition) is 14. The van der Waals surface area contributed by atoms with E-state index in [1.165, 1.54) is 74.4 Å². The van der Waals surface area contributed by atoms with Gasteiger partial charge in [-0.25, -0.2) is 38.4 Å². The molecule has 0 saturated carbocycles. The van der Waals surface area contributed by atoms with E-state index in [9.17, 15) is 48.0 Å². The van der Waals surface area contributed by atoms with Gasteiger partial charge in [0.1, 0.15) is 22.8 Å². The van der Waals surface area contributed by atoms with Crippen molar-refractivity contribution in [2.75, 3.05) is 78.5 Å². The molecule has 0 amide bonds. The normalized spacial score (nSPS) is 17.3. The van der Waals surface area contributed by atoms with Gasteiger partial charge in [0.25, 0.3) is 0 Å². The summed E-state index contributed by atoms with van der Waals surface area (Å²) >= 11 is 2.90. The minimum Gasteiger partial charge on any atom is -0.468 e. The van der Waals surface area contributed by atoms with Gasteiger partial charge in [0.05, 0.1) is 56.7 Å². The molecule has 3 atom stereocenters. The molecule has 21 heteroatoms. The molecule has 3 aliphatic rings. The lowest BCUT2D eigenvalue weighted by Gasteiger charge is -2.17. The fourth-order valence-electron chi connectivity index (χ4n) is 10.0. The van der Waals surface area contributed by atoms with Crippen LogP contribution in [-0.4, -0.2) is 131 Å². The van der Waals surface area contributed by atoms with Crippen molar-refractivity contribution >= 4 is 57.4 Å². The predicted octanol–water partition coefficient (Wildman–Crippen LogP) is 9.91. The number of nitrogens with one attached hydrogen (secondary N) is 1. The minimum atomic E-state index is -3.77. The zero-order valence-corrected chi connectivity index (χ0v) is 49.2. The van der Waals surface area contributed by atoms with Gasteiger partial charge >= 0.3 is 11.9 Å². The Balaban J connectivity index is 0.000000211. The predicted molar refractivity (Wildman–Crippen MR) is 309 cm³/mol. The van der Waals surface area contributed by atoms with Crippen molar-refractivity contribution in [1.29, 1.82) is 0 Å². The Morgan fingerprint density at radius 2 is 0.926 bits per heavy atom. The van der Waals surface area contributed by atoms with E-state index in [4.69, 9.17) is 9.84 Å². The number of aryl methyl sites for hydroxylation is 3. The van der Waals surface area contributed by atoms with Gasteiger partial charge in [-0.1, -0.05) is 59.8 Å². The van der Waals surface area contributed by atoms with Crippen molar-refractivity contribution in [3.8, 4) is 0 Å². The smallest absolute Gasteiger partial charge is 0.319 e. The summed E-state index contributed by atoms with van der Waals surface area (Å²) in [5.41, 5.74) is 6.15. The van der Waals surface area contributed by atoms with Crippen LogP contribution in [0.2, 0.25) is 0 Å². The molecule has 2 N–H and O–H groups in total. The number of likely N-dealkylation sites (tertiary alicyclic amines) is 2. The van der Waals surface area contributed by atoms with Crippen molar-refractivity contribution in [3.63, 3.8) is 0 Å². The second-order valence-electron chi connectivity index (χ2n) is 19.6. The number of ether oxygens (including phenoxy) is 2. The van der Waals surface area contributed by atoms with Crippen LogP contribution >= 0.6 is 15.9 Å². The number of benzene rings is 6. The quantitative estimate of drug-likeness (QED) is 0.0773. The van der Waals surface area contributed by atoms with Crippen molar-refractivity contribution in [1.82, 2.24) is 15.1 Å². The first-order valence-corrected chi connectivity index (χ1v) is 31.4. The molecule has 9 rings (SSSR count). The largest absolute Gasteiger partial charge is 0.468 e. The average molecular weight is 1240 g/mol. The number of aliphatic hydroxyl groups excluding tert-OH is 1. The number of alkyl halides is 1.